The van der Waals surface area contributed by atoms with E-state index in [1.165, 1.54) is 0 Å². The summed E-state index contributed by atoms with van der Waals surface area (Å²) >= 11 is 0. The van der Waals surface area contributed by atoms with Crippen LogP contribution in [0, 0.1) is 5.92 Å². The Kier molecular flexibility index (Phi) is 3.27. The lowest BCUT2D eigenvalue weighted by Crippen LogP contribution is -2.52. The second-order valence-electron chi connectivity index (χ2n) is 4.13. The summed E-state index contributed by atoms with van der Waals surface area (Å²) in [4.78, 5) is 10.7. The molecule has 0 radical (unpaired) electrons. The average Bonchev–Trinajstić information content (AvgIpc) is 2.05. The number of carbonyl (C=O) groups is 1. The molecule has 0 spiro atoms. The molecular weight excluding hydrogens is 170 g/mol. The number of carboxylic acids is 1. The zero-order valence-corrected chi connectivity index (χ0v) is 8.07. The first-order chi connectivity index (χ1) is 6.07. The van der Waals surface area contributed by atoms with Crippen LogP contribution in [-0.4, -0.2) is 54.0 Å². The van der Waals surface area contributed by atoms with Gasteiger partial charge >= 0.3 is 5.97 Å². The Morgan fingerprint density at radius 3 is 2.38 bits per heavy atom. The maximum absolute atomic E-state index is 10.7. The molecule has 0 aromatic carbocycles. The molecule has 13 heavy (non-hydrogen) atoms. The number of piperidine rings is 1. The van der Waals surface area contributed by atoms with Crippen molar-refractivity contribution in [3.8, 4) is 0 Å². The predicted octanol–water partition coefficient (Wildman–Crippen LogP) is -0.0801. The van der Waals surface area contributed by atoms with Crippen molar-refractivity contribution in [3.63, 3.8) is 0 Å². The molecule has 1 fully saturated rings. The maximum Gasteiger partial charge on any atom is 0.306 e. The first-order valence-corrected chi connectivity index (χ1v) is 4.75. The van der Waals surface area contributed by atoms with Gasteiger partial charge in [0, 0.05) is 12.8 Å². The Balaban J connectivity index is 2.41. The van der Waals surface area contributed by atoms with Crippen molar-refractivity contribution in [2.24, 2.45) is 5.92 Å². The first kappa shape index (κ1) is 10.5. The summed E-state index contributed by atoms with van der Waals surface area (Å²) in [6.07, 6.45) is 1.48. The van der Waals surface area contributed by atoms with E-state index < -0.39 is 5.97 Å². The van der Waals surface area contributed by atoms with Gasteiger partial charge in [0.2, 0.25) is 0 Å². The molecule has 1 saturated heterocycles. The number of carboxylic acid groups (broad SMARTS) is 1. The van der Waals surface area contributed by atoms with Gasteiger partial charge in [0.25, 0.3) is 0 Å². The second kappa shape index (κ2) is 4.07. The highest BCUT2D eigenvalue weighted by atomic mass is 16.4. The standard InChI is InChI=1S/C9H17NO3/c1-10(6-7-11)4-2-8(3-5-10)9(12)13/h8,11H,2-7H2,1H3/p+1. The number of likely N-dealkylation sites (N-methyl/N-ethyl adjacent to an activating group) is 1. The Morgan fingerprint density at radius 2 is 2.00 bits per heavy atom. The van der Waals surface area contributed by atoms with Gasteiger partial charge in [-0.3, -0.25) is 4.79 Å². The van der Waals surface area contributed by atoms with Crippen LogP contribution in [0.3, 0.4) is 0 Å². The van der Waals surface area contributed by atoms with Crippen molar-refractivity contribution < 1.29 is 19.5 Å². The van der Waals surface area contributed by atoms with E-state index in [0.717, 1.165) is 37.0 Å². The van der Waals surface area contributed by atoms with Crippen LogP contribution in [0.1, 0.15) is 12.8 Å². The number of aliphatic hydroxyl groups excluding tert-OH is 1. The fraction of sp³-hybridized carbons (Fsp3) is 0.889. The molecule has 4 nitrogen and oxygen atoms in total. The Hall–Kier alpha value is -0.610. The van der Waals surface area contributed by atoms with Crippen molar-refractivity contribution in [2.45, 2.75) is 12.8 Å². The molecule has 0 unspecified atom stereocenters. The molecule has 1 aliphatic rings. The summed E-state index contributed by atoms with van der Waals surface area (Å²) in [6, 6.07) is 0. The number of rotatable bonds is 3. The minimum atomic E-state index is -0.671. The van der Waals surface area contributed by atoms with Crippen molar-refractivity contribution >= 4 is 5.97 Å². The number of quaternary nitrogens is 1. The molecule has 0 aromatic rings. The number of hydrogen-bond acceptors (Lipinski definition) is 2. The van der Waals surface area contributed by atoms with Gasteiger partial charge in [-0.05, 0) is 0 Å². The number of aliphatic hydroxyl groups is 1. The lowest BCUT2D eigenvalue weighted by Gasteiger charge is -2.39. The summed E-state index contributed by atoms with van der Waals surface area (Å²) in [7, 11) is 2.08. The third kappa shape index (κ3) is 2.67. The van der Waals surface area contributed by atoms with E-state index in [-0.39, 0.29) is 12.5 Å². The SMILES string of the molecule is C[N+]1(CCO)CCC(C(=O)O)CC1. The van der Waals surface area contributed by atoms with Gasteiger partial charge in [-0.15, -0.1) is 0 Å². The summed E-state index contributed by atoms with van der Waals surface area (Å²) in [5, 5.41) is 17.6. The second-order valence-corrected chi connectivity index (χ2v) is 4.13. The fourth-order valence-corrected chi connectivity index (χ4v) is 1.90. The molecule has 0 saturated carbocycles. The lowest BCUT2D eigenvalue weighted by atomic mass is 9.95. The van der Waals surface area contributed by atoms with Crippen LogP contribution >= 0.6 is 0 Å². The molecule has 4 heteroatoms. The van der Waals surface area contributed by atoms with Gasteiger partial charge in [-0.1, -0.05) is 0 Å². The molecule has 1 aliphatic heterocycles. The molecule has 76 valence electrons. The highest BCUT2D eigenvalue weighted by molar-refractivity contribution is 5.69. The van der Waals surface area contributed by atoms with Gasteiger partial charge in [0.1, 0.15) is 6.54 Å². The fourth-order valence-electron chi connectivity index (χ4n) is 1.90. The Bertz CT molecular complexity index is 185. The molecule has 0 amide bonds. The van der Waals surface area contributed by atoms with Crippen molar-refractivity contribution in [2.75, 3.05) is 33.3 Å². The molecule has 2 N–H and O–H groups in total. The van der Waals surface area contributed by atoms with Crippen LogP contribution < -0.4 is 0 Å². The summed E-state index contributed by atoms with van der Waals surface area (Å²) in [5.74, 6) is -0.833. The zero-order valence-electron chi connectivity index (χ0n) is 8.07. The molecule has 0 atom stereocenters. The smallest absolute Gasteiger partial charge is 0.306 e. The average molecular weight is 188 g/mol. The Morgan fingerprint density at radius 1 is 1.46 bits per heavy atom. The van der Waals surface area contributed by atoms with E-state index in [2.05, 4.69) is 7.05 Å². The first-order valence-electron chi connectivity index (χ1n) is 4.75. The normalized spacial score (nSPS) is 34.5. The molecule has 1 rings (SSSR count). The predicted molar refractivity (Wildman–Crippen MR) is 48.2 cm³/mol. The Labute approximate surface area is 78.4 Å². The quantitative estimate of drug-likeness (QED) is 0.609. The zero-order chi connectivity index (χ0) is 9.90. The van der Waals surface area contributed by atoms with Crippen LogP contribution in [0.15, 0.2) is 0 Å². The van der Waals surface area contributed by atoms with Crippen molar-refractivity contribution in [1.29, 1.82) is 0 Å². The van der Waals surface area contributed by atoms with E-state index in [0.29, 0.717) is 0 Å². The summed E-state index contributed by atoms with van der Waals surface area (Å²) in [6.45, 7) is 2.68. The third-order valence-electron chi connectivity index (χ3n) is 3.02. The number of nitrogens with zero attached hydrogens (tertiary/aromatic N) is 1. The number of likely N-dealkylation sites (tertiary alicyclic amines) is 1. The molecular formula is C9H18NO3+. The molecule has 0 aromatic heterocycles. The largest absolute Gasteiger partial charge is 0.481 e. The molecule has 0 bridgehead atoms. The van der Waals surface area contributed by atoms with Crippen LogP contribution in [0.5, 0.6) is 0 Å². The van der Waals surface area contributed by atoms with Crippen LogP contribution in [0.4, 0.5) is 0 Å². The highest BCUT2D eigenvalue weighted by Gasteiger charge is 2.32. The van der Waals surface area contributed by atoms with E-state index in [4.69, 9.17) is 10.2 Å². The van der Waals surface area contributed by atoms with Gasteiger partial charge in [0.05, 0.1) is 32.7 Å². The van der Waals surface area contributed by atoms with E-state index >= 15 is 0 Å². The van der Waals surface area contributed by atoms with Crippen LogP contribution in [0.2, 0.25) is 0 Å². The van der Waals surface area contributed by atoms with Crippen LogP contribution in [0.25, 0.3) is 0 Å². The van der Waals surface area contributed by atoms with Gasteiger partial charge in [0.15, 0.2) is 0 Å². The van der Waals surface area contributed by atoms with E-state index in [1.54, 1.807) is 0 Å². The minimum absolute atomic E-state index is 0.162. The van der Waals surface area contributed by atoms with Crippen molar-refractivity contribution in [3.05, 3.63) is 0 Å². The van der Waals surface area contributed by atoms with E-state index in [9.17, 15) is 4.79 Å². The number of hydrogen-bond donors (Lipinski definition) is 2. The molecule has 1 heterocycles. The van der Waals surface area contributed by atoms with E-state index in [1.807, 2.05) is 0 Å². The topological polar surface area (TPSA) is 57.5 Å². The van der Waals surface area contributed by atoms with Crippen molar-refractivity contribution in [1.82, 2.24) is 0 Å². The highest BCUT2D eigenvalue weighted by Crippen LogP contribution is 2.21. The van der Waals surface area contributed by atoms with Gasteiger partial charge < -0.3 is 14.7 Å². The van der Waals surface area contributed by atoms with Crippen LogP contribution in [-0.2, 0) is 4.79 Å². The summed E-state index contributed by atoms with van der Waals surface area (Å²) < 4.78 is 0.820. The monoisotopic (exact) mass is 188 g/mol. The minimum Gasteiger partial charge on any atom is -0.481 e. The maximum atomic E-state index is 10.7. The third-order valence-corrected chi connectivity index (χ3v) is 3.02. The van der Waals surface area contributed by atoms with Gasteiger partial charge in [-0.2, -0.15) is 0 Å². The number of aliphatic carboxylic acids is 1. The summed E-state index contributed by atoms with van der Waals surface area (Å²) in [5.41, 5.74) is 0. The van der Waals surface area contributed by atoms with Gasteiger partial charge in [-0.25, -0.2) is 0 Å². The lowest BCUT2D eigenvalue weighted by molar-refractivity contribution is -0.915. The molecule has 0 aliphatic carbocycles.